The molecule has 5 nitrogen and oxygen atoms in total. The molecule has 142 valence electrons. The number of aryl methyl sites for hydroxylation is 2. The van der Waals surface area contributed by atoms with Crippen molar-refractivity contribution in [1.82, 2.24) is 9.88 Å². The minimum absolute atomic E-state index is 0.0885. The van der Waals surface area contributed by atoms with Gasteiger partial charge in [0.25, 0.3) is 5.91 Å². The number of amides is 1. The van der Waals surface area contributed by atoms with Crippen molar-refractivity contribution in [2.45, 2.75) is 33.9 Å². The van der Waals surface area contributed by atoms with Crippen LogP contribution in [0.3, 0.4) is 0 Å². The van der Waals surface area contributed by atoms with Crippen LogP contribution in [0.2, 0.25) is 0 Å². The fourth-order valence-electron chi connectivity index (χ4n) is 3.49. The van der Waals surface area contributed by atoms with Crippen molar-refractivity contribution in [3.05, 3.63) is 59.3 Å². The average molecular weight is 366 g/mol. The minimum atomic E-state index is -0.0885. The second-order valence-electron chi connectivity index (χ2n) is 6.32. The predicted molar refractivity (Wildman–Crippen MR) is 108 cm³/mol. The van der Waals surface area contributed by atoms with Crippen LogP contribution in [0.15, 0.2) is 42.5 Å². The van der Waals surface area contributed by atoms with Gasteiger partial charge in [0.1, 0.15) is 17.2 Å². The van der Waals surface area contributed by atoms with Crippen molar-refractivity contribution in [3.63, 3.8) is 0 Å². The number of ether oxygens (including phenoxy) is 2. The van der Waals surface area contributed by atoms with Gasteiger partial charge >= 0.3 is 0 Å². The number of nitrogens with zero attached hydrogens (tertiary/aromatic N) is 1. The van der Waals surface area contributed by atoms with E-state index >= 15 is 0 Å². The van der Waals surface area contributed by atoms with Crippen LogP contribution < -0.4 is 14.8 Å². The predicted octanol–water partition coefficient (Wildman–Crippen LogP) is 4.31. The normalized spacial score (nSPS) is 10.8. The van der Waals surface area contributed by atoms with Gasteiger partial charge in [-0.3, -0.25) is 4.79 Å². The maximum atomic E-state index is 13.0. The number of nitrogens with one attached hydrogen (secondary N) is 1. The highest BCUT2D eigenvalue weighted by Gasteiger charge is 2.20. The van der Waals surface area contributed by atoms with E-state index in [0.29, 0.717) is 18.8 Å². The van der Waals surface area contributed by atoms with Gasteiger partial charge in [-0.25, -0.2) is 0 Å². The molecule has 3 aromatic rings. The van der Waals surface area contributed by atoms with Crippen LogP contribution in [0.25, 0.3) is 10.9 Å². The lowest BCUT2D eigenvalue weighted by Crippen LogP contribution is -2.26. The molecule has 0 spiro atoms. The van der Waals surface area contributed by atoms with Crippen LogP contribution in [0, 0.1) is 6.92 Å². The van der Waals surface area contributed by atoms with E-state index < -0.39 is 0 Å². The first-order chi connectivity index (χ1) is 13.1. The summed E-state index contributed by atoms with van der Waals surface area (Å²) in [6.07, 6.45) is 0. The van der Waals surface area contributed by atoms with Crippen LogP contribution in [-0.4, -0.2) is 24.2 Å². The first-order valence-corrected chi connectivity index (χ1v) is 9.26. The zero-order chi connectivity index (χ0) is 19.4. The Hall–Kier alpha value is -2.95. The van der Waals surface area contributed by atoms with Crippen molar-refractivity contribution < 1.29 is 14.3 Å². The zero-order valence-corrected chi connectivity index (χ0v) is 16.3. The number of aromatic nitrogens is 1. The van der Waals surface area contributed by atoms with E-state index in [4.69, 9.17) is 9.47 Å². The molecule has 0 saturated heterocycles. The summed E-state index contributed by atoms with van der Waals surface area (Å²) in [5.41, 5.74) is 3.65. The van der Waals surface area contributed by atoms with Crippen LogP contribution in [-0.2, 0) is 13.1 Å². The monoisotopic (exact) mass is 366 g/mol. The van der Waals surface area contributed by atoms with Crippen molar-refractivity contribution in [2.75, 3.05) is 13.7 Å². The number of methoxy groups -OCH3 is 1. The molecule has 0 aliphatic carbocycles. The SMILES string of the molecule is CCOc1ccc2c(c1)c(C)c(C(=O)NCc1ccccc1OC)n2CC. The number of benzene rings is 2. The molecule has 2 aromatic carbocycles. The molecule has 0 fully saturated rings. The van der Waals surface area contributed by atoms with E-state index in [2.05, 4.69) is 9.88 Å². The van der Waals surface area contributed by atoms with Crippen molar-refractivity contribution in [2.24, 2.45) is 0 Å². The number of carbonyl (C=O) groups is 1. The van der Waals surface area contributed by atoms with Gasteiger partial charge in [0.15, 0.2) is 0 Å². The van der Waals surface area contributed by atoms with Gasteiger partial charge in [0.05, 0.1) is 13.7 Å². The molecule has 0 atom stereocenters. The number of rotatable bonds is 7. The van der Waals surface area contributed by atoms with E-state index in [9.17, 15) is 4.79 Å². The van der Waals surface area contributed by atoms with Gasteiger partial charge in [0.2, 0.25) is 0 Å². The third-order valence-corrected chi connectivity index (χ3v) is 4.76. The summed E-state index contributed by atoms with van der Waals surface area (Å²) in [4.78, 5) is 13.0. The second kappa shape index (κ2) is 8.16. The largest absolute Gasteiger partial charge is 0.496 e. The Morgan fingerprint density at radius 1 is 1.15 bits per heavy atom. The molecular formula is C22H26N2O3. The molecule has 0 radical (unpaired) electrons. The van der Waals surface area contributed by atoms with Crippen LogP contribution >= 0.6 is 0 Å². The molecule has 0 bridgehead atoms. The fraction of sp³-hybridized carbons (Fsp3) is 0.318. The maximum absolute atomic E-state index is 13.0. The van der Waals surface area contributed by atoms with E-state index in [-0.39, 0.29) is 5.91 Å². The lowest BCUT2D eigenvalue weighted by Gasteiger charge is -2.12. The first kappa shape index (κ1) is 18.8. The van der Waals surface area contributed by atoms with Crippen molar-refractivity contribution in [3.8, 4) is 11.5 Å². The van der Waals surface area contributed by atoms with Crippen LogP contribution in [0.1, 0.15) is 35.5 Å². The third kappa shape index (κ3) is 3.63. The van der Waals surface area contributed by atoms with Crippen molar-refractivity contribution >= 4 is 16.8 Å². The Bertz CT molecular complexity index is 960. The molecule has 0 saturated carbocycles. The molecule has 5 heteroatoms. The molecule has 1 amide bonds. The average Bonchev–Trinajstić information content (AvgIpc) is 2.98. The van der Waals surface area contributed by atoms with Gasteiger partial charge in [0, 0.05) is 29.6 Å². The standard InChI is InChI=1S/C22H26N2O3/c1-5-24-19-12-11-17(27-6-2)13-18(19)15(3)21(24)22(25)23-14-16-9-7-8-10-20(16)26-4/h7-13H,5-6,14H2,1-4H3,(H,23,25). The lowest BCUT2D eigenvalue weighted by atomic mass is 10.1. The molecule has 1 N–H and O–H groups in total. The number of fused-ring (bicyclic) bond motifs is 1. The summed E-state index contributed by atoms with van der Waals surface area (Å²) in [6, 6.07) is 13.7. The van der Waals surface area contributed by atoms with Gasteiger partial charge in [-0.1, -0.05) is 18.2 Å². The van der Waals surface area contributed by atoms with Gasteiger partial charge in [-0.15, -0.1) is 0 Å². The smallest absolute Gasteiger partial charge is 0.268 e. The molecule has 0 unspecified atom stereocenters. The Labute approximate surface area is 159 Å². The molecule has 27 heavy (non-hydrogen) atoms. The van der Waals surface area contributed by atoms with Gasteiger partial charge < -0.3 is 19.4 Å². The second-order valence-corrected chi connectivity index (χ2v) is 6.32. The lowest BCUT2D eigenvalue weighted by molar-refractivity contribution is 0.0941. The van der Waals surface area contributed by atoms with Crippen LogP contribution in [0.4, 0.5) is 0 Å². The van der Waals surface area contributed by atoms with E-state index in [1.165, 1.54) is 0 Å². The summed E-state index contributed by atoms with van der Waals surface area (Å²) in [7, 11) is 1.63. The van der Waals surface area contributed by atoms with E-state index in [0.717, 1.165) is 40.1 Å². The highest BCUT2D eigenvalue weighted by atomic mass is 16.5. The number of hydrogen-bond donors (Lipinski definition) is 1. The Kier molecular flexibility index (Phi) is 5.69. The first-order valence-electron chi connectivity index (χ1n) is 9.26. The quantitative estimate of drug-likeness (QED) is 0.678. The topological polar surface area (TPSA) is 52.5 Å². The summed E-state index contributed by atoms with van der Waals surface area (Å²) in [5.74, 6) is 1.50. The molecule has 0 aliphatic rings. The number of para-hydroxylation sites is 1. The molecule has 1 aromatic heterocycles. The summed E-state index contributed by atoms with van der Waals surface area (Å²) in [5, 5.41) is 4.08. The summed E-state index contributed by atoms with van der Waals surface area (Å²) >= 11 is 0. The van der Waals surface area contributed by atoms with Crippen molar-refractivity contribution in [1.29, 1.82) is 0 Å². The molecule has 0 aliphatic heterocycles. The fourth-order valence-corrected chi connectivity index (χ4v) is 3.49. The van der Waals surface area contributed by atoms with Gasteiger partial charge in [-0.05, 0) is 50.6 Å². The number of hydrogen-bond acceptors (Lipinski definition) is 3. The van der Waals surface area contributed by atoms with E-state index in [1.54, 1.807) is 7.11 Å². The minimum Gasteiger partial charge on any atom is -0.496 e. The Morgan fingerprint density at radius 2 is 1.93 bits per heavy atom. The Morgan fingerprint density at radius 3 is 2.63 bits per heavy atom. The van der Waals surface area contributed by atoms with Crippen LogP contribution in [0.5, 0.6) is 11.5 Å². The molecule has 1 heterocycles. The third-order valence-electron chi connectivity index (χ3n) is 4.76. The zero-order valence-electron chi connectivity index (χ0n) is 16.3. The van der Waals surface area contributed by atoms with Gasteiger partial charge in [-0.2, -0.15) is 0 Å². The Balaban J connectivity index is 1.92. The summed E-state index contributed by atoms with van der Waals surface area (Å²) < 4.78 is 13.0. The molecule has 3 rings (SSSR count). The van der Waals surface area contributed by atoms with E-state index in [1.807, 2.05) is 63.2 Å². The highest BCUT2D eigenvalue weighted by molar-refractivity contribution is 6.02. The number of carbonyl (C=O) groups excluding carboxylic acids is 1. The molecular weight excluding hydrogens is 340 g/mol. The maximum Gasteiger partial charge on any atom is 0.268 e. The summed E-state index contributed by atoms with van der Waals surface area (Å²) in [6.45, 7) is 7.75. The highest BCUT2D eigenvalue weighted by Crippen LogP contribution is 2.29.